The first-order valence-electron chi connectivity index (χ1n) is 8.94. The van der Waals surface area contributed by atoms with Crippen molar-refractivity contribution < 1.29 is 4.79 Å². The monoisotopic (exact) mass is 350 g/mol. The predicted octanol–water partition coefficient (Wildman–Crippen LogP) is 2.59. The third kappa shape index (κ3) is 2.71. The maximum Gasteiger partial charge on any atom is 0.261 e. The third-order valence-electron chi connectivity index (χ3n) is 5.35. The Morgan fingerprint density at radius 2 is 1.92 bits per heavy atom. The number of carbonyl (C=O) groups excluding carboxylic acids is 1. The second-order valence-corrected chi connectivity index (χ2v) is 6.88. The van der Waals surface area contributed by atoms with Crippen LogP contribution < -0.4 is 5.56 Å². The van der Waals surface area contributed by atoms with Crippen LogP contribution in [0.25, 0.3) is 22.3 Å². The van der Waals surface area contributed by atoms with E-state index >= 15 is 0 Å². The van der Waals surface area contributed by atoms with Gasteiger partial charge in [-0.3, -0.25) is 9.59 Å². The summed E-state index contributed by atoms with van der Waals surface area (Å²) in [6.45, 7) is 3.10. The molecule has 6 heteroatoms. The summed E-state index contributed by atoms with van der Waals surface area (Å²) >= 11 is 0. The van der Waals surface area contributed by atoms with Gasteiger partial charge in [0, 0.05) is 45.5 Å². The topological polar surface area (TPSA) is 60.1 Å². The van der Waals surface area contributed by atoms with Crippen LogP contribution in [0.15, 0.2) is 47.5 Å². The molecule has 0 N–H and O–H groups in total. The molecule has 0 aliphatic carbocycles. The van der Waals surface area contributed by atoms with Crippen molar-refractivity contribution in [2.24, 2.45) is 7.05 Å². The van der Waals surface area contributed by atoms with Gasteiger partial charge in [-0.2, -0.15) is 0 Å². The molecule has 0 bridgehead atoms. The van der Waals surface area contributed by atoms with E-state index in [0.717, 1.165) is 36.8 Å². The van der Waals surface area contributed by atoms with Gasteiger partial charge in [-0.25, -0.2) is 4.98 Å². The van der Waals surface area contributed by atoms with Gasteiger partial charge in [0.2, 0.25) is 5.91 Å². The van der Waals surface area contributed by atoms with Crippen molar-refractivity contribution in [3.8, 4) is 11.4 Å². The van der Waals surface area contributed by atoms with Gasteiger partial charge < -0.3 is 14.0 Å². The number of nitrogens with zero attached hydrogens (tertiary/aromatic N) is 4. The number of pyridine rings is 1. The number of carbonyl (C=O) groups is 1. The number of para-hydroxylation sites is 1. The molecular formula is C20H22N4O2. The molecule has 6 nitrogen and oxygen atoms in total. The fraction of sp³-hybridized carbons (Fsp3) is 0.350. The highest BCUT2D eigenvalue weighted by Gasteiger charge is 2.24. The summed E-state index contributed by atoms with van der Waals surface area (Å²) in [7, 11) is 1.80. The van der Waals surface area contributed by atoms with Crippen LogP contribution >= 0.6 is 0 Å². The van der Waals surface area contributed by atoms with Crippen molar-refractivity contribution in [1.29, 1.82) is 0 Å². The van der Waals surface area contributed by atoms with E-state index in [1.165, 1.54) is 0 Å². The first-order chi connectivity index (χ1) is 12.6. The van der Waals surface area contributed by atoms with Crippen molar-refractivity contribution in [2.75, 3.05) is 13.1 Å². The van der Waals surface area contributed by atoms with Crippen LogP contribution in [0.3, 0.4) is 0 Å². The van der Waals surface area contributed by atoms with Crippen molar-refractivity contribution in [3.63, 3.8) is 0 Å². The number of aryl methyl sites for hydroxylation is 1. The highest BCUT2D eigenvalue weighted by Crippen LogP contribution is 2.28. The van der Waals surface area contributed by atoms with Gasteiger partial charge in [0.25, 0.3) is 5.56 Å². The molecule has 1 aliphatic heterocycles. The van der Waals surface area contributed by atoms with Crippen LogP contribution in [0.1, 0.15) is 25.8 Å². The molecule has 134 valence electrons. The van der Waals surface area contributed by atoms with E-state index in [1.54, 1.807) is 24.7 Å². The molecule has 1 saturated heterocycles. The van der Waals surface area contributed by atoms with Crippen LogP contribution in [0, 0.1) is 0 Å². The van der Waals surface area contributed by atoms with E-state index in [4.69, 9.17) is 0 Å². The molecule has 3 aromatic rings. The molecule has 1 aliphatic rings. The largest absolute Gasteiger partial charge is 0.343 e. The Morgan fingerprint density at radius 1 is 1.19 bits per heavy atom. The van der Waals surface area contributed by atoms with E-state index in [0.29, 0.717) is 11.4 Å². The molecular weight excluding hydrogens is 328 g/mol. The number of piperidine rings is 1. The lowest BCUT2D eigenvalue weighted by Crippen LogP contribution is -2.37. The van der Waals surface area contributed by atoms with E-state index in [9.17, 15) is 9.59 Å². The van der Waals surface area contributed by atoms with Crippen LogP contribution in [0.5, 0.6) is 0 Å². The number of fused-ring (bicyclic) bond motifs is 1. The number of hydrogen-bond donors (Lipinski definition) is 0. The minimum atomic E-state index is -0.0441. The maximum atomic E-state index is 12.9. The molecule has 0 unspecified atom stereocenters. The second-order valence-electron chi connectivity index (χ2n) is 6.88. The van der Waals surface area contributed by atoms with Crippen molar-refractivity contribution in [3.05, 3.63) is 53.1 Å². The van der Waals surface area contributed by atoms with Crippen molar-refractivity contribution >= 4 is 16.8 Å². The lowest BCUT2D eigenvalue weighted by atomic mass is 10.0. The van der Waals surface area contributed by atoms with Gasteiger partial charge in [-0.05, 0) is 30.4 Å². The molecule has 1 amide bonds. The number of likely N-dealkylation sites (tertiary alicyclic amines) is 1. The summed E-state index contributed by atoms with van der Waals surface area (Å²) in [6.07, 6.45) is 5.44. The van der Waals surface area contributed by atoms with E-state index < -0.39 is 0 Å². The smallest absolute Gasteiger partial charge is 0.261 e. The zero-order valence-electron chi connectivity index (χ0n) is 15.1. The minimum Gasteiger partial charge on any atom is -0.343 e. The molecule has 0 atom stereocenters. The summed E-state index contributed by atoms with van der Waals surface area (Å²) in [4.78, 5) is 30.8. The summed E-state index contributed by atoms with van der Waals surface area (Å²) in [6, 6.07) is 10.0. The van der Waals surface area contributed by atoms with Crippen LogP contribution in [-0.2, 0) is 11.8 Å². The zero-order chi connectivity index (χ0) is 18.3. The Hall–Kier alpha value is -2.89. The number of benzene rings is 1. The normalized spacial score (nSPS) is 15.5. The number of amides is 1. The Labute approximate surface area is 151 Å². The molecule has 0 radical (unpaired) electrons. The minimum absolute atomic E-state index is 0.0441. The Bertz CT molecular complexity index is 1030. The number of imidazole rings is 1. The van der Waals surface area contributed by atoms with Gasteiger partial charge in [0.15, 0.2) is 0 Å². The highest BCUT2D eigenvalue weighted by atomic mass is 16.2. The third-order valence-corrected chi connectivity index (χ3v) is 5.35. The maximum absolute atomic E-state index is 12.9. The predicted molar refractivity (Wildman–Crippen MR) is 101 cm³/mol. The van der Waals surface area contributed by atoms with Gasteiger partial charge >= 0.3 is 0 Å². The summed E-state index contributed by atoms with van der Waals surface area (Å²) in [5, 5.41) is 1.02. The summed E-state index contributed by atoms with van der Waals surface area (Å²) in [5.74, 6) is 0.829. The first kappa shape index (κ1) is 16.6. The van der Waals surface area contributed by atoms with Gasteiger partial charge in [0.1, 0.15) is 5.82 Å². The molecule has 0 saturated carbocycles. The molecule has 1 fully saturated rings. The van der Waals surface area contributed by atoms with Crippen LogP contribution in [0.2, 0.25) is 0 Å². The molecule has 3 heterocycles. The van der Waals surface area contributed by atoms with E-state index in [-0.39, 0.29) is 17.5 Å². The second kappa shape index (κ2) is 6.44. The molecule has 2 aromatic heterocycles. The summed E-state index contributed by atoms with van der Waals surface area (Å²) < 4.78 is 3.78. The molecule has 0 spiro atoms. The standard InChI is InChI=1S/C20H22N4O2/c1-14(25)23-10-7-16(8-11-23)24-12-9-21-19(24)17-13-15-5-3-4-6-18(15)22(2)20(17)26/h3-6,9,12-13,16H,7-8,10-11H2,1-2H3. The average Bonchev–Trinajstić information content (AvgIpc) is 3.14. The van der Waals surface area contributed by atoms with E-state index in [1.807, 2.05) is 41.4 Å². The molecule has 1 aromatic carbocycles. The lowest BCUT2D eigenvalue weighted by molar-refractivity contribution is -0.130. The number of hydrogen-bond acceptors (Lipinski definition) is 3. The fourth-order valence-electron chi connectivity index (χ4n) is 3.86. The molecule has 4 rings (SSSR count). The van der Waals surface area contributed by atoms with Crippen LogP contribution in [-0.4, -0.2) is 38.0 Å². The first-order valence-corrected chi connectivity index (χ1v) is 8.94. The van der Waals surface area contributed by atoms with Crippen LogP contribution in [0.4, 0.5) is 0 Å². The quantitative estimate of drug-likeness (QED) is 0.714. The average molecular weight is 350 g/mol. The van der Waals surface area contributed by atoms with Crippen molar-refractivity contribution in [2.45, 2.75) is 25.8 Å². The van der Waals surface area contributed by atoms with Gasteiger partial charge in [0.05, 0.1) is 11.1 Å². The van der Waals surface area contributed by atoms with E-state index in [2.05, 4.69) is 9.55 Å². The highest BCUT2D eigenvalue weighted by molar-refractivity contribution is 5.83. The van der Waals surface area contributed by atoms with Gasteiger partial charge in [-0.1, -0.05) is 18.2 Å². The Morgan fingerprint density at radius 3 is 2.65 bits per heavy atom. The van der Waals surface area contributed by atoms with Crippen molar-refractivity contribution in [1.82, 2.24) is 19.0 Å². The number of rotatable bonds is 2. The Balaban J connectivity index is 1.74. The lowest BCUT2D eigenvalue weighted by Gasteiger charge is -2.32. The van der Waals surface area contributed by atoms with Gasteiger partial charge in [-0.15, -0.1) is 0 Å². The fourth-order valence-corrected chi connectivity index (χ4v) is 3.86. The zero-order valence-corrected chi connectivity index (χ0v) is 15.1. The molecule has 26 heavy (non-hydrogen) atoms. The summed E-state index contributed by atoms with van der Waals surface area (Å²) in [5.41, 5.74) is 1.48. The Kier molecular flexibility index (Phi) is 4.11. The number of aromatic nitrogens is 3. The SMILES string of the molecule is CC(=O)N1CCC(n2ccnc2-c2cc3ccccc3n(C)c2=O)CC1.